The lowest BCUT2D eigenvalue weighted by Crippen LogP contribution is -2.31. The lowest BCUT2D eigenvalue weighted by molar-refractivity contribution is 0.173. The van der Waals surface area contributed by atoms with Gasteiger partial charge in [0, 0.05) is 12.1 Å². The Kier molecular flexibility index (Phi) is 5.79. The summed E-state index contributed by atoms with van der Waals surface area (Å²) in [6.45, 7) is 6.39. The first kappa shape index (κ1) is 18.7. The second kappa shape index (κ2) is 8.06. The van der Waals surface area contributed by atoms with Crippen LogP contribution in [0.2, 0.25) is 0 Å². The lowest BCUT2D eigenvalue weighted by Gasteiger charge is -2.29. The van der Waals surface area contributed by atoms with Gasteiger partial charge >= 0.3 is 0 Å². The van der Waals surface area contributed by atoms with Gasteiger partial charge < -0.3 is 24.3 Å². The summed E-state index contributed by atoms with van der Waals surface area (Å²) in [5.41, 5.74) is 3.59. The molecule has 2 aromatic carbocycles. The second-order valence-corrected chi connectivity index (χ2v) is 6.08. The second-order valence-electron chi connectivity index (χ2n) is 6.08. The number of para-hydroxylation sites is 1. The van der Waals surface area contributed by atoms with E-state index < -0.39 is 0 Å². The number of ether oxygens (including phenoxy) is 4. The molecule has 5 nitrogen and oxygen atoms in total. The number of benzene rings is 2. The molecule has 2 heterocycles. The summed E-state index contributed by atoms with van der Waals surface area (Å²) in [5.74, 6) is 3.25. The van der Waals surface area contributed by atoms with Gasteiger partial charge in [0.25, 0.3) is 0 Å². The van der Waals surface area contributed by atoms with E-state index in [9.17, 15) is 0 Å². The van der Waals surface area contributed by atoms with E-state index in [1.54, 1.807) is 0 Å². The molecule has 2 aliphatic heterocycles. The number of rotatable bonds is 5. The fraction of sp³-hybridized carbons (Fsp3) is 0.400. The smallest absolute Gasteiger partial charge is 0.231 e. The topological polar surface area (TPSA) is 49.0 Å². The first-order chi connectivity index (χ1) is 12.3. The Hall–Kier alpha value is -2.11. The standard InChI is InChI=1S/C20H23NO4.ClH/c1-3-22-17-10-13-8-9-21-19(15(13)11-18(17)23-4-2)14-6-5-7-16-20(14)25-12-24-16;/h5-7,10-11,19,21H,3-4,8-9,12H2,1-2H3;1H. The average molecular weight is 378 g/mol. The van der Waals surface area contributed by atoms with Gasteiger partial charge in [-0.3, -0.25) is 0 Å². The fourth-order valence-electron chi connectivity index (χ4n) is 3.56. The predicted octanol–water partition coefficient (Wildman–Crippen LogP) is 3.87. The first-order valence-electron chi connectivity index (χ1n) is 8.86. The third-order valence-electron chi connectivity index (χ3n) is 4.60. The third-order valence-corrected chi connectivity index (χ3v) is 4.60. The van der Waals surface area contributed by atoms with Crippen molar-refractivity contribution in [2.75, 3.05) is 26.6 Å². The van der Waals surface area contributed by atoms with Crippen LogP contribution in [0.15, 0.2) is 30.3 Å². The molecule has 0 bridgehead atoms. The van der Waals surface area contributed by atoms with Gasteiger partial charge in [0.15, 0.2) is 23.0 Å². The molecule has 0 spiro atoms. The van der Waals surface area contributed by atoms with Gasteiger partial charge in [-0.05, 0) is 49.6 Å². The maximum atomic E-state index is 5.82. The van der Waals surface area contributed by atoms with E-state index in [2.05, 4.69) is 23.5 Å². The van der Waals surface area contributed by atoms with Crippen molar-refractivity contribution in [3.8, 4) is 23.0 Å². The van der Waals surface area contributed by atoms with E-state index in [0.29, 0.717) is 13.2 Å². The van der Waals surface area contributed by atoms with Gasteiger partial charge in [-0.25, -0.2) is 0 Å². The molecule has 1 atom stereocenters. The highest BCUT2D eigenvalue weighted by Gasteiger charge is 2.29. The van der Waals surface area contributed by atoms with Crippen molar-refractivity contribution >= 4 is 12.4 Å². The van der Waals surface area contributed by atoms with E-state index >= 15 is 0 Å². The molecule has 0 amide bonds. The maximum Gasteiger partial charge on any atom is 0.231 e. The molecular formula is C20H24ClNO4. The van der Waals surface area contributed by atoms with E-state index in [-0.39, 0.29) is 25.2 Å². The minimum atomic E-state index is 0. The Morgan fingerprint density at radius 2 is 1.81 bits per heavy atom. The molecule has 0 aromatic heterocycles. The highest BCUT2D eigenvalue weighted by molar-refractivity contribution is 5.85. The van der Waals surface area contributed by atoms with Crippen LogP contribution in [0.25, 0.3) is 0 Å². The molecule has 4 rings (SSSR count). The van der Waals surface area contributed by atoms with Crippen LogP contribution in [0.1, 0.15) is 36.6 Å². The number of hydrogen-bond donors (Lipinski definition) is 1. The Bertz CT molecular complexity index is 781. The third kappa shape index (κ3) is 3.29. The molecule has 1 unspecified atom stereocenters. The van der Waals surface area contributed by atoms with Gasteiger partial charge in [0.05, 0.1) is 19.3 Å². The van der Waals surface area contributed by atoms with E-state index in [0.717, 1.165) is 41.5 Å². The van der Waals surface area contributed by atoms with Crippen LogP contribution in [0.3, 0.4) is 0 Å². The van der Waals surface area contributed by atoms with Gasteiger partial charge in [0.1, 0.15) is 0 Å². The Labute approximate surface area is 160 Å². The Balaban J connectivity index is 0.00000196. The fourth-order valence-corrected chi connectivity index (χ4v) is 3.56. The van der Waals surface area contributed by atoms with E-state index in [4.69, 9.17) is 18.9 Å². The van der Waals surface area contributed by atoms with Gasteiger partial charge in [-0.2, -0.15) is 0 Å². The minimum Gasteiger partial charge on any atom is -0.490 e. The molecule has 0 radical (unpaired) electrons. The van der Waals surface area contributed by atoms with Crippen LogP contribution in [0.5, 0.6) is 23.0 Å². The van der Waals surface area contributed by atoms with Crippen molar-refractivity contribution in [1.29, 1.82) is 0 Å². The molecule has 1 N–H and O–H groups in total. The van der Waals surface area contributed by atoms with Gasteiger partial charge in [0.2, 0.25) is 6.79 Å². The van der Waals surface area contributed by atoms with Crippen molar-refractivity contribution in [3.05, 3.63) is 47.0 Å². The zero-order chi connectivity index (χ0) is 17.2. The zero-order valence-electron chi connectivity index (χ0n) is 15.0. The molecule has 0 fully saturated rings. The van der Waals surface area contributed by atoms with Crippen molar-refractivity contribution in [2.45, 2.75) is 26.3 Å². The Morgan fingerprint density at radius 3 is 2.58 bits per heavy atom. The molecular weight excluding hydrogens is 354 g/mol. The molecule has 140 valence electrons. The van der Waals surface area contributed by atoms with Crippen molar-refractivity contribution in [3.63, 3.8) is 0 Å². The number of fused-ring (bicyclic) bond motifs is 2. The van der Waals surface area contributed by atoms with E-state index in [1.165, 1.54) is 11.1 Å². The summed E-state index contributed by atoms with van der Waals surface area (Å²) in [6.07, 6.45) is 0.963. The van der Waals surface area contributed by atoms with Crippen LogP contribution < -0.4 is 24.3 Å². The predicted molar refractivity (Wildman–Crippen MR) is 102 cm³/mol. The molecule has 2 aromatic rings. The van der Waals surface area contributed by atoms with Crippen molar-refractivity contribution in [2.24, 2.45) is 0 Å². The van der Waals surface area contributed by atoms with Crippen LogP contribution in [0.4, 0.5) is 0 Å². The first-order valence-corrected chi connectivity index (χ1v) is 8.86. The van der Waals surface area contributed by atoms with Crippen LogP contribution in [-0.4, -0.2) is 26.6 Å². The summed E-state index contributed by atoms with van der Waals surface area (Å²) in [6, 6.07) is 10.3. The maximum absolute atomic E-state index is 5.82. The molecule has 2 aliphatic rings. The molecule has 0 aliphatic carbocycles. The van der Waals surface area contributed by atoms with E-state index in [1.807, 2.05) is 26.0 Å². The minimum absolute atomic E-state index is 0. The zero-order valence-corrected chi connectivity index (χ0v) is 15.9. The van der Waals surface area contributed by atoms with Crippen molar-refractivity contribution < 1.29 is 18.9 Å². The van der Waals surface area contributed by atoms with Gasteiger partial charge in [-0.1, -0.05) is 12.1 Å². The highest BCUT2D eigenvalue weighted by atomic mass is 35.5. The quantitative estimate of drug-likeness (QED) is 0.857. The number of hydrogen-bond acceptors (Lipinski definition) is 5. The van der Waals surface area contributed by atoms with Gasteiger partial charge in [-0.15, -0.1) is 12.4 Å². The normalized spacial score (nSPS) is 17.2. The SMILES string of the molecule is CCOc1cc2c(cc1OCC)C(c1cccc3c1OCO3)NCC2.Cl. The number of halogens is 1. The molecule has 0 saturated carbocycles. The highest BCUT2D eigenvalue weighted by Crippen LogP contribution is 2.44. The summed E-state index contributed by atoms with van der Waals surface area (Å²) in [5, 5.41) is 3.61. The monoisotopic (exact) mass is 377 g/mol. The summed E-state index contributed by atoms with van der Waals surface area (Å²) in [4.78, 5) is 0. The summed E-state index contributed by atoms with van der Waals surface area (Å²) >= 11 is 0. The van der Waals surface area contributed by atoms with Crippen LogP contribution in [0, 0.1) is 0 Å². The lowest BCUT2D eigenvalue weighted by atomic mass is 9.89. The number of nitrogens with one attached hydrogen (secondary N) is 1. The van der Waals surface area contributed by atoms with Crippen LogP contribution in [-0.2, 0) is 6.42 Å². The molecule has 0 saturated heterocycles. The molecule has 6 heteroatoms. The summed E-state index contributed by atoms with van der Waals surface area (Å²) < 4.78 is 22.9. The average Bonchev–Trinajstić information content (AvgIpc) is 3.11. The van der Waals surface area contributed by atoms with Crippen molar-refractivity contribution in [1.82, 2.24) is 5.32 Å². The molecule has 26 heavy (non-hydrogen) atoms. The Morgan fingerprint density at radius 1 is 1.04 bits per heavy atom. The largest absolute Gasteiger partial charge is 0.490 e. The van der Waals surface area contributed by atoms with Crippen LogP contribution >= 0.6 is 12.4 Å². The summed E-state index contributed by atoms with van der Waals surface area (Å²) in [7, 11) is 0.